The standard InChI is InChI=1S/C10H13N3OS2/c11-13-10-12-6-9(16-10)7-14-4-3-8-2-1-5-15-8/h1-2,5-6H,3-4,7,11H2,(H,12,13). The summed E-state index contributed by atoms with van der Waals surface area (Å²) in [5.41, 5.74) is 2.51. The second kappa shape index (κ2) is 5.95. The van der Waals surface area contributed by atoms with Gasteiger partial charge in [-0.1, -0.05) is 17.4 Å². The van der Waals surface area contributed by atoms with Crippen molar-refractivity contribution in [1.29, 1.82) is 0 Å². The number of hydrazine groups is 1. The molecule has 2 aromatic heterocycles. The molecule has 16 heavy (non-hydrogen) atoms. The summed E-state index contributed by atoms with van der Waals surface area (Å²) in [6.45, 7) is 1.34. The average molecular weight is 255 g/mol. The van der Waals surface area contributed by atoms with Crippen LogP contribution in [0.5, 0.6) is 0 Å². The third-order valence-electron chi connectivity index (χ3n) is 1.99. The Morgan fingerprint density at radius 2 is 2.38 bits per heavy atom. The van der Waals surface area contributed by atoms with Gasteiger partial charge >= 0.3 is 0 Å². The van der Waals surface area contributed by atoms with Crippen molar-refractivity contribution in [3.8, 4) is 0 Å². The van der Waals surface area contributed by atoms with Gasteiger partial charge in [-0.15, -0.1) is 11.3 Å². The number of thiophene rings is 1. The van der Waals surface area contributed by atoms with Crippen molar-refractivity contribution in [3.05, 3.63) is 33.5 Å². The molecule has 0 saturated heterocycles. The number of rotatable bonds is 6. The lowest BCUT2D eigenvalue weighted by molar-refractivity contribution is 0.126. The Morgan fingerprint density at radius 1 is 1.44 bits per heavy atom. The van der Waals surface area contributed by atoms with Crippen LogP contribution in [-0.2, 0) is 17.8 Å². The van der Waals surface area contributed by atoms with Crippen LogP contribution in [0.4, 0.5) is 5.13 Å². The van der Waals surface area contributed by atoms with Crippen molar-refractivity contribution in [2.24, 2.45) is 5.84 Å². The molecule has 3 N–H and O–H groups in total. The van der Waals surface area contributed by atoms with Crippen molar-refractivity contribution < 1.29 is 4.74 Å². The van der Waals surface area contributed by atoms with Crippen molar-refractivity contribution in [1.82, 2.24) is 4.98 Å². The lowest BCUT2D eigenvalue weighted by Gasteiger charge is -2.00. The minimum atomic E-state index is 0.602. The number of thiazole rings is 1. The maximum absolute atomic E-state index is 5.56. The summed E-state index contributed by atoms with van der Waals surface area (Å²) >= 11 is 3.27. The molecule has 0 atom stereocenters. The summed E-state index contributed by atoms with van der Waals surface area (Å²) in [6, 6.07) is 4.18. The van der Waals surface area contributed by atoms with Crippen molar-refractivity contribution in [3.63, 3.8) is 0 Å². The Hall–Kier alpha value is -0.950. The first-order valence-electron chi connectivity index (χ1n) is 4.90. The first-order chi connectivity index (χ1) is 7.88. The van der Waals surface area contributed by atoms with Gasteiger partial charge in [-0.2, -0.15) is 0 Å². The Labute approximate surface area is 102 Å². The normalized spacial score (nSPS) is 10.6. The second-order valence-corrected chi connectivity index (χ2v) is 5.31. The van der Waals surface area contributed by atoms with E-state index in [1.54, 1.807) is 17.5 Å². The molecule has 0 aliphatic rings. The van der Waals surface area contributed by atoms with Gasteiger partial charge in [0.15, 0.2) is 5.13 Å². The Balaban J connectivity index is 1.68. The fourth-order valence-corrected chi connectivity index (χ4v) is 2.59. The maximum atomic E-state index is 5.56. The van der Waals surface area contributed by atoms with Crippen molar-refractivity contribution in [2.45, 2.75) is 13.0 Å². The van der Waals surface area contributed by atoms with Crippen molar-refractivity contribution in [2.75, 3.05) is 12.0 Å². The Morgan fingerprint density at radius 3 is 3.06 bits per heavy atom. The molecule has 4 nitrogen and oxygen atoms in total. The van der Waals surface area contributed by atoms with E-state index in [1.165, 1.54) is 16.2 Å². The van der Waals surface area contributed by atoms with Gasteiger partial charge in [0, 0.05) is 17.5 Å². The van der Waals surface area contributed by atoms with E-state index in [0.717, 1.165) is 23.0 Å². The summed E-state index contributed by atoms with van der Waals surface area (Å²) in [5, 5.41) is 2.80. The molecule has 0 bridgehead atoms. The zero-order valence-corrected chi connectivity index (χ0v) is 10.3. The number of hydrogen-bond donors (Lipinski definition) is 2. The van der Waals surface area contributed by atoms with Gasteiger partial charge in [-0.25, -0.2) is 10.8 Å². The molecule has 2 rings (SSSR count). The summed E-state index contributed by atoms with van der Waals surface area (Å²) < 4.78 is 5.56. The van der Waals surface area contributed by atoms with Crippen LogP contribution in [0.2, 0.25) is 0 Å². The zero-order chi connectivity index (χ0) is 11.2. The van der Waals surface area contributed by atoms with E-state index >= 15 is 0 Å². The van der Waals surface area contributed by atoms with E-state index < -0.39 is 0 Å². The first-order valence-corrected chi connectivity index (χ1v) is 6.59. The maximum Gasteiger partial charge on any atom is 0.197 e. The van der Waals surface area contributed by atoms with Crippen molar-refractivity contribution >= 4 is 27.8 Å². The number of aromatic nitrogens is 1. The van der Waals surface area contributed by atoms with Crippen LogP contribution in [0.25, 0.3) is 0 Å². The SMILES string of the molecule is NNc1ncc(COCCc2cccs2)s1. The fourth-order valence-electron chi connectivity index (χ4n) is 1.24. The van der Waals surface area contributed by atoms with Crippen LogP contribution in [0.1, 0.15) is 9.75 Å². The molecule has 0 spiro atoms. The highest BCUT2D eigenvalue weighted by Gasteiger charge is 2.00. The van der Waals surface area contributed by atoms with Gasteiger partial charge < -0.3 is 4.74 Å². The molecule has 0 radical (unpaired) electrons. The Kier molecular flexibility index (Phi) is 4.29. The smallest absolute Gasteiger partial charge is 0.197 e. The number of nitrogens with one attached hydrogen (secondary N) is 1. The molecule has 0 fully saturated rings. The van der Waals surface area contributed by atoms with Gasteiger partial charge in [0.2, 0.25) is 0 Å². The highest BCUT2D eigenvalue weighted by Crippen LogP contribution is 2.17. The molecular formula is C10H13N3OS2. The van der Waals surface area contributed by atoms with E-state index in [4.69, 9.17) is 10.6 Å². The minimum absolute atomic E-state index is 0.602. The van der Waals surface area contributed by atoms with Gasteiger partial charge in [-0.05, 0) is 11.4 Å². The van der Waals surface area contributed by atoms with Gasteiger partial charge in [0.05, 0.1) is 18.1 Å². The number of nitrogens with two attached hydrogens (primary N) is 1. The van der Waals surface area contributed by atoms with Crippen LogP contribution in [-0.4, -0.2) is 11.6 Å². The second-order valence-electron chi connectivity index (χ2n) is 3.16. The third kappa shape index (κ3) is 3.28. The molecule has 2 heterocycles. The van der Waals surface area contributed by atoms with E-state index in [9.17, 15) is 0 Å². The number of anilines is 1. The molecule has 0 amide bonds. The van der Waals surface area contributed by atoms with Gasteiger partial charge in [-0.3, -0.25) is 5.43 Å². The summed E-state index contributed by atoms with van der Waals surface area (Å²) in [7, 11) is 0. The molecule has 6 heteroatoms. The monoisotopic (exact) mass is 255 g/mol. The first kappa shape index (κ1) is 11.5. The molecule has 86 valence electrons. The number of nitrogen functional groups attached to an aromatic ring is 1. The zero-order valence-electron chi connectivity index (χ0n) is 8.68. The van der Waals surface area contributed by atoms with E-state index in [1.807, 2.05) is 0 Å². The molecule has 2 aromatic rings. The van der Waals surface area contributed by atoms with E-state index in [2.05, 4.69) is 27.9 Å². The summed E-state index contributed by atoms with van der Waals surface area (Å²) in [6.07, 6.45) is 2.75. The molecule has 0 aliphatic heterocycles. The van der Waals surface area contributed by atoms with Crippen LogP contribution in [0.3, 0.4) is 0 Å². The number of hydrogen-bond acceptors (Lipinski definition) is 6. The van der Waals surface area contributed by atoms with Crippen LogP contribution >= 0.6 is 22.7 Å². The predicted molar refractivity (Wildman–Crippen MR) is 67.6 cm³/mol. The highest BCUT2D eigenvalue weighted by atomic mass is 32.1. The molecular weight excluding hydrogens is 242 g/mol. The topological polar surface area (TPSA) is 60.2 Å². The minimum Gasteiger partial charge on any atom is -0.375 e. The number of nitrogens with zero attached hydrogens (tertiary/aromatic N) is 1. The quantitative estimate of drug-likeness (QED) is 0.472. The third-order valence-corrected chi connectivity index (χ3v) is 3.83. The summed E-state index contributed by atoms with van der Waals surface area (Å²) in [4.78, 5) is 6.51. The number of ether oxygens (including phenoxy) is 1. The predicted octanol–water partition coefficient (Wildman–Crippen LogP) is 2.25. The largest absolute Gasteiger partial charge is 0.375 e. The average Bonchev–Trinajstić information content (AvgIpc) is 2.95. The lowest BCUT2D eigenvalue weighted by atomic mass is 10.4. The van der Waals surface area contributed by atoms with Crippen LogP contribution in [0.15, 0.2) is 23.7 Å². The highest BCUT2D eigenvalue weighted by molar-refractivity contribution is 7.15. The van der Waals surface area contributed by atoms with Gasteiger partial charge in [0.25, 0.3) is 0 Å². The van der Waals surface area contributed by atoms with E-state index in [0.29, 0.717) is 6.61 Å². The molecule has 0 aromatic carbocycles. The van der Waals surface area contributed by atoms with Crippen LogP contribution < -0.4 is 11.3 Å². The van der Waals surface area contributed by atoms with Gasteiger partial charge in [0.1, 0.15) is 0 Å². The molecule has 0 saturated carbocycles. The molecule has 0 unspecified atom stereocenters. The summed E-state index contributed by atoms with van der Waals surface area (Å²) in [5.74, 6) is 5.24. The Bertz CT molecular complexity index is 413. The molecule has 0 aliphatic carbocycles. The lowest BCUT2D eigenvalue weighted by Crippen LogP contribution is -2.05. The fraction of sp³-hybridized carbons (Fsp3) is 0.300. The van der Waals surface area contributed by atoms with E-state index in [-0.39, 0.29) is 0 Å². The van der Waals surface area contributed by atoms with Crippen LogP contribution in [0, 0.1) is 0 Å².